The van der Waals surface area contributed by atoms with Gasteiger partial charge in [0, 0.05) is 39.1 Å². The predicted octanol–water partition coefficient (Wildman–Crippen LogP) is 0.405. The lowest BCUT2D eigenvalue weighted by Crippen LogP contribution is -2.49. The highest BCUT2D eigenvalue weighted by atomic mass is 16.4. The smallest absolute Gasteiger partial charge is 0.304 e. The number of amides is 1. The second kappa shape index (κ2) is 5.49. The van der Waals surface area contributed by atoms with Crippen molar-refractivity contribution in [3.05, 3.63) is 0 Å². The molecule has 1 N–H and O–H groups in total. The minimum Gasteiger partial charge on any atom is -0.481 e. The van der Waals surface area contributed by atoms with Crippen LogP contribution in [0.1, 0.15) is 25.7 Å². The Kier molecular flexibility index (Phi) is 3.99. The zero-order chi connectivity index (χ0) is 12.3. The van der Waals surface area contributed by atoms with E-state index < -0.39 is 5.97 Å². The summed E-state index contributed by atoms with van der Waals surface area (Å²) in [7, 11) is 0. The summed E-state index contributed by atoms with van der Waals surface area (Å²) in [5.41, 5.74) is 0. The largest absolute Gasteiger partial charge is 0.481 e. The van der Waals surface area contributed by atoms with E-state index in [1.54, 1.807) is 0 Å². The topological polar surface area (TPSA) is 60.9 Å². The molecule has 1 aliphatic carbocycles. The van der Waals surface area contributed by atoms with Gasteiger partial charge in [0.25, 0.3) is 0 Å². The summed E-state index contributed by atoms with van der Waals surface area (Å²) in [5.74, 6) is 0.176. The number of nitrogens with zero attached hydrogens (tertiary/aromatic N) is 2. The van der Waals surface area contributed by atoms with Gasteiger partial charge in [-0.2, -0.15) is 0 Å². The fraction of sp³-hybridized carbons (Fsp3) is 0.833. The Morgan fingerprint density at radius 2 is 1.76 bits per heavy atom. The lowest BCUT2D eigenvalue weighted by atomic mass is 10.2. The summed E-state index contributed by atoms with van der Waals surface area (Å²) in [6.45, 7) is 3.73. The molecule has 17 heavy (non-hydrogen) atoms. The minimum atomic E-state index is -0.753. The molecular formula is C12H20N2O3. The molecule has 5 heteroatoms. The molecule has 1 aliphatic heterocycles. The fourth-order valence-corrected chi connectivity index (χ4v) is 2.17. The van der Waals surface area contributed by atoms with E-state index in [2.05, 4.69) is 4.90 Å². The number of hydrogen-bond acceptors (Lipinski definition) is 3. The summed E-state index contributed by atoms with van der Waals surface area (Å²) in [4.78, 5) is 26.3. The van der Waals surface area contributed by atoms with Gasteiger partial charge >= 0.3 is 5.97 Å². The van der Waals surface area contributed by atoms with Crippen molar-refractivity contribution in [3.63, 3.8) is 0 Å². The molecule has 1 saturated heterocycles. The Hall–Kier alpha value is -1.10. The third-order valence-electron chi connectivity index (χ3n) is 3.53. The second-order valence-corrected chi connectivity index (χ2v) is 5.01. The van der Waals surface area contributed by atoms with Gasteiger partial charge in [-0.15, -0.1) is 0 Å². The van der Waals surface area contributed by atoms with Gasteiger partial charge in [-0.05, 0) is 18.8 Å². The van der Waals surface area contributed by atoms with Crippen molar-refractivity contribution in [2.75, 3.05) is 32.7 Å². The highest BCUT2D eigenvalue weighted by Crippen LogP contribution is 2.32. The Morgan fingerprint density at radius 1 is 1.12 bits per heavy atom. The number of carbonyl (C=O) groups is 2. The Bertz CT molecular complexity index is 294. The molecule has 0 aromatic carbocycles. The third-order valence-corrected chi connectivity index (χ3v) is 3.53. The van der Waals surface area contributed by atoms with Crippen molar-refractivity contribution in [1.82, 2.24) is 9.80 Å². The van der Waals surface area contributed by atoms with Crippen LogP contribution in [0, 0.1) is 5.92 Å². The van der Waals surface area contributed by atoms with Gasteiger partial charge in [0.2, 0.25) is 5.91 Å². The lowest BCUT2D eigenvalue weighted by Gasteiger charge is -2.34. The molecule has 0 aromatic rings. The molecule has 1 heterocycles. The number of carboxylic acid groups (broad SMARTS) is 1. The van der Waals surface area contributed by atoms with Crippen LogP contribution < -0.4 is 0 Å². The molecule has 96 valence electrons. The molecule has 0 atom stereocenters. The van der Waals surface area contributed by atoms with Crippen LogP contribution in [0.5, 0.6) is 0 Å². The zero-order valence-corrected chi connectivity index (χ0v) is 10.1. The molecule has 5 nitrogen and oxygen atoms in total. The lowest BCUT2D eigenvalue weighted by molar-refractivity contribution is -0.138. The van der Waals surface area contributed by atoms with Crippen LogP contribution in [-0.4, -0.2) is 59.5 Å². The highest BCUT2D eigenvalue weighted by Gasteiger charge is 2.28. The van der Waals surface area contributed by atoms with Crippen molar-refractivity contribution in [2.24, 2.45) is 5.92 Å². The number of rotatable bonds is 5. The van der Waals surface area contributed by atoms with Crippen LogP contribution in [0.2, 0.25) is 0 Å². The summed E-state index contributed by atoms with van der Waals surface area (Å²) in [5, 5.41) is 8.60. The molecule has 0 unspecified atom stereocenters. The Morgan fingerprint density at radius 3 is 2.29 bits per heavy atom. The molecule has 2 aliphatic rings. The number of hydrogen-bond donors (Lipinski definition) is 1. The van der Waals surface area contributed by atoms with Crippen molar-refractivity contribution in [1.29, 1.82) is 0 Å². The zero-order valence-electron chi connectivity index (χ0n) is 10.1. The van der Waals surface area contributed by atoms with Crippen LogP contribution in [0.3, 0.4) is 0 Å². The predicted molar refractivity (Wildman–Crippen MR) is 62.6 cm³/mol. The molecule has 2 fully saturated rings. The molecule has 0 spiro atoms. The fourth-order valence-electron chi connectivity index (χ4n) is 2.17. The van der Waals surface area contributed by atoms with E-state index in [4.69, 9.17) is 5.11 Å². The molecule has 1 saturated carbocycles. The summed E-state index contributed by atoms with van der Waals surface area (Å²) in [6.07, 6.45) is 3.33. The van der Waals surface area contributed by atoms with E-state index in [0.29, 0.717) is 12.5 Å². The number of piperazine rings is 1. The van der Waals surface area contributed by atoms with E-state index in [9.17, 15) is 9.59 Å². The van der Waals surface area contributed by atoms with Crippen LogP contribution in [0.15, 0.2) is 0 Å². The number of carbonyl (C=O) groups excluding carboxylic acids is 1. The van der Waals surface area contributed by atoms with Gasteiger partial charge in [0.05, 0.1) is 6.42 Å². The second-order valence-electron chi connectivity index (χ2n) is 5.01. The average molecular weight is 240 g/mol. The third kappa shape index (κ3) is 4.00. The van der Waals surface area contributed by atoms with E-state index in [1.807, 2.05) is 4.90 Å². The van der Waals surface area contributed by atoms with E-state index in [0.717, 1.165) is 32.6 Å². The van der Waals surface area contributed by atoms with E-state index in [-0.39, 0.29) is 12.3 Å². The first kappa shape index (κ1) is 12.4. The molecule has 0 radical (unpaired) electrons. The SMILES string of the molecule is O=C(O)CCN1CCN(C(=O)CC2CC2)CC1. The van der Waals surface area contributed by atoms with Crippen LogP contribution in [0.4, 0.5) is 0 Å². The maximum Gasteiger partial charge on any atom is 0.304 e. The molecule has 1 amide bonds. The van der Waals surface area contributed by atoms with Crippen LogP contribution in [0.25, 0.3) is 0 Å². The number of carboxylic acids is 1. The maximum absolute atomic E-state index is 11.8. The summed E-state index contributed by atoms with van der Waals surface area (Å²) in [6, 6.07) is 0. The van der Waals surface area contributed by atoms with Crippen LogP contribution >= 0.6 is 0 Å². The summed E-state index contributed by atoms with van der Waals surface area (Å²) >= 11 is 0. The minimum absolute atomic E-state index is 0.190. The Labute approximate surface area is 101 Å². The van der Waals surface area contributed by atoms with Gasteiger partial charge in [-0.1, -0.05) is 0 Å². The highest BCUT2D eigenvalue weighted by molar-refractivity contribution is 5.76. The van der Waals surface area contributed by atoms with E-state index >= 15 is 0 Å². The molecule has 2 rings (SSSR count). The Balaban J connectivity index is 1.66. The van der Waals surface area contributed by atoms with Crippen molar-refractivity contribution < 1.29 is 14.7 Å². The molecular weight excluding hydrogens is 220 g/mol. The van der Waals surface area contributed by atoms with Gasteiger partial charge in [-0.25, -0.2) is 0 Å². The monoisotopic (exact) mass is 240 g/mol. The van der Waals surface area contributed by atoms with Gasteiger partial charge in [-0.3, -0.25) is 14.5 Å². The van der Waals surface area contributed by atoms with Gasteiger partial charge in [0.15, 0.2) is 0 Å². The van der Waals surface area contributed by atoms with Crippen molar-refractivity contribution in [2.45, 2.75) is 25.7 Å². The van der Waals surface area contributed by atoms with E-state index in [1.165, 1.54) is 12.8 Å². The van der Waals surface area contributed by atoms with Crippen LogP contribution in [-0.2, 0) is 9.59 Å². The molecule has 0 aromatic heterocycles. The van der Waals surface area contributed by atoms with Crippen molar-refractivity contribution >= 4 is 11.9 Å². The number of aliphatic carboxylic acids is 1. The summed E-state index contributed by atoms with van der Waals surface area (Å²) < 4.78 is 0. The quantitative estimate of drug-likeness (QED) is 0.756. The van der Waals surface area contributed by atoms with Gasteiger partial charge < -0.3 is 10.0 Å². The maximum atomic E-state index is 11.8. The first-order chi connectivity index (χ1) is 8.15. The first-order valence-corrected chi connectivity index (χ1v) is 6.37. The standard InChI is InChI=1S/C12H20N2O3/c15-11(9-10-1-2-10)14-7-5-13(6-8-14)4-3-12(16)17/h10H,1-9H2,(H,16,17). The first-order valence-electron chi connectivity index (χ1n) is 6.37. The molecule has 0 bridgehead atoms. The average Bonchev–Trinajstić information content (AvgIpc) is 3.11. The normalized spacial score (nSPS) is 21.5. The van der Waals surface area contributed by atoms with Crippen molar-refractivity contribution in [3.8, 4) is 0 Å². The van der Waals surface area contributed by atoms with Gasteiger partial charge in [0.1, 0.15) is 0 Å².